The highest BCUT2D eigenvalue weighted by molar-refractivity contribution is 5.92. The van der Waals surface area contributed by atoms with Crippen molar-refractivity contribution in [3.8, 4) is 23.8 Å². The largest absolute Gasteiger partial charge is 0.514 e. The maximum atomic E-state index is 12.8. The Hall–Kier alpha value is -6.22. The number of carbonyl (C=O) groups is 6. The first-order valence-corrected chi connectivity index (χ1v) is 14.6. The molecule has 1 saturated heterocycles. The number of methoxy groups -OCH3 is 1. The summed E-state index contributed by atoms with van der Waals surface area (Å²) in [5.74, 6) is -2.10. The van der Waals surface area contributed by atoms with Crippen LogP contribution in [0.2, 0.25) is 0 Å². The van der Waals surface area contributed by atoms with Crippen molar-refractivity contribution >= 4 is 47.3 Å². The lowest BCUT2D eigenvalue weighted by atomic mass is 9.97. The fraction of sp³-hybridized carbons (Fsp3) is 0.375. The van der Waals surface area contributed by atoms with Gasteiger partial charge in [0.2, 0.25) is 18.3 Å². The third-order valence-electron chi connectivity index (χ3n) is 6.50. The molecule has 1 fully saturated rings. The Kier molecular flexibility index (Phi) is 13.6. The van der Waals surface area contributed by atoms with E-state index in [4.69, 9.17) is 44.3 Å². The van der Waals surface area contributed by atoms with Gasteiger partial charge in [-0.1, -0.05) is 6.07 Å². The Morgan fingerprint density at radius 3 is 2.12 bits per heavy atom. The second kappa shape index (κ2) is 17.8. The van der Waals surface area contributed by atoms with Crippen molar-refractivity contribution in [2.75, 3.05) is 12.4 Å². The van der Waals surface area contributed by atoms with Crippen LogP contribution in [0.1, 0.15) is 39.2 Å². The molecule has 0 radical (unpaired) electrons. The van der Waals surface area contributed by atoms with Gasteiger partial charge in [0, 0.05) is 45.7 Å². The summed E-state index contributed by atoms with van der Waals surface area (Å²) in [6.45, 7) is 2.70. The molecule has 3 rings (SSSR count). The molecule has 1 amide bonds. The topological polar surface area (TPSA) is 231 Å². The van der Waals surface area contributed by atoms with E-state index in [0.717, 1.165) is 40.0 Å². The Morgan fingerprint density at radius 2 is 1.54 bits per heavy atom. The van der Waals surface area contributed by atoms with Crippen LogP contribution in [-0.2, 0) is 59.0 Å². The average molecular weight is 701 g/mol. The van der Waals surface area contributed by atoms with E-state index in [1.165, 1.54) is 30.3 Å². The lowest BCUT2D eigenvalue weighted by molar-refractivity contribution is -0.384. The van der Waals surface area contributed by atoms with Crippen LogP contribution in [-0.4, -0.2) is 78.7 Å². The molecule has 18 heteroatoms. The third kappa shape index (κ3) is 10.9. The lowest BCUT2D eigenvalue weighted by Gasteiger charge is -2.43. The molecule has 1 aliphatic heterocycles. The number of rotatable bonds is 13. The smallest absolute Gasteiger partial charge is 0.467 e. The van der Waals surface area contributed by atoms with E-state index in [1.54, 1.807) is 0 Å². The number of esters is 4. The number of benzene rings is 2. The molecule has 1 heterocycles. The number of amides is 1. The molecule has 50 heavy (non-hydrogen) atoms. The van der Waals surface area contributed by atoms with Crippen molar-refractivity contribution < 1.29 is 71.6 Å². The quantitative estimate of drug-likeness (QED) is 0.0790. The van der Waals surface area contributed by atoms with Gasteiger partial charge in [0.15, 0.2) is 18.3 Å². The van der Waals surface area contributed by atoms with Gasteiger partial charge in [-0.2, -0.15) is 0 Å². The van der Waals surface area contributed by atoms with E-state index in [0.29, 0.717) is 5.56 Å². The van der Waals surface area contributed by atoms with Crippen molar-refractivity contribution in [1.82, 2.24) is 0 Å². The molecule has 5 atom stereocenters. The van der Waals surface area contributed by atoms with Crippen molar-refractivity contribution in [3.63, 3.8) is 0 Å². The zero-order valence-corrected chi connectivity index (χ0v) is 27.1. The van der Waals surface area contributed by atoms with E-state index >= 15 is 0 Å². The van der Waals surface area contributed by atoms with E-state index in [9.17, 15) is 38.9 Å². The summed E-state index contributed by atoms with van der Waals surface area (Å²) in [5, 5.41) is 13.4. The molecule has 0 saturated carbocycles. The van der Waals surface area contributed by atoms with Gasteiger partial charge in [-0.05, 0) is 29.8 Å². The first-order valence-electron chi connectivity index (χ1n) is 14.6. The Bertz CT molecular complexity index is 1650. The maximum absolute atomic E-state index is 12.8. The lowest BCUT2D eigenvalue weighted by Crippen LogP contribution is -2.64. The van der Waals surface area contributed by atoms with Crippen molar-refractivity contribution in [2.24, 2.45) is 0 Å². The summed E-state index contributed by atoms with van der Waals surface area (Å²) in [5.41, 5.74) is 0.0591. The summed E-state index contributed by atoms with van der Waals surface area (Å²) < 4.78 is 42.7. The summed E-state index contributed by atoms with van der Waals surface area (Å²) in [7, 11) is 1.03. The molecule has 0 aromatic heterocycles. The molecule has 1 aliphatic rings. The highest BCUT2D eigenvalue weighted by Gasteiger charge is 2.56. The summed E-state index contributed by atoms with van der Waals surface area (Å²) in [6, 6.07) is 8.77. The standard InChI is InChI=1S/C32H32N2O16/c1-6-7-8-25(38)33-23-15-20(16-44-32(40)48-22-12-10-21(11-13-22)34(41)42)9-14-24(23)49-31-29(47-19(4)37)27(46-18(3)36)26(45-17(2)35)28(50-31)30(39)43-5/h1,9-15,26-29,31H,7-8,16H2,2-5H3,(H,33,38)/t26-,27-,28-,29+,31+/m0/s1. The molecular formula is C32H32N2O16. The average Bonchev–Trinajstić information content (AvgIpc) is 3.05. The van der Waals surface area contributed by atoms with Gasteiger partial charge in [0.05, 0.1) is 17.7 Å². The molecular weight excluding hydrogens is 668 g/mol. The predicted molar refractivity (Wildman–Crippen MR) is 165 cm³/mol. The van der Waals surface area contributed by atoms with Crippen LogP contribution in [0.15, 0.2) is 42.5 Å². The minimum atomic E-state index is -1.74. The van der Waals surface area contributed by atoms with E-state index in [-0.39, 0.29) is 35.7 Å². The van der Waals surface area contributed by atoms with Crippen LogP contribution in [0.3, 0.4) is 0 Å². The number of nitrogens with one attached hydrogen (secondary N) is 1. The highest BCUT2D eigenvalue weighted by Crippen LogP contribution is 2.34. The van der Waals surface area contributed by atoms with Gasteiger partial charge >= 0.3 is 30.0 Å². The molecule has 0 bridgehead atoms. The van der Waals surface area contributed by atoms with Gasteiger partial charge in [0.25, 0.3) is 5.69 Å². The minimum absolute atomic E-state index is 0.0195. The summed E-state index contributed by atoms with van der Waals surface area (Å²) in [4.78, 5) is 84.2. The minimum Gasteiger partial charge on any atom is -0.467 e. The maximum Gasteiger partial charge on any atom is 0.514 e. The fourth-order valence-corrected chi connectivity index (χ4v) is 4.47. The van der Waals surface area contributed by atoms with Gasteiger partial charge in [-0.15, -0.1) is 12.3 Å². The summed E-state index contributed by atoms with van der Waals surface area (Å²) in [6.07, 6.45) is -4.27. The molecule has 18 nitrogen and oxygen atoms in total. The molecule has 1 N–H and O–H groups in total. The van der Waals surface area contributed by atoms with E-state index in [2.05, 4.69) is 11.2 Å². The van der Waals surface area contributed by atoms with Crippen molar-refractivity contribution in [3.05, 3.63) is 58.1 Å². The molecule has 0 aliphatic carbocycles. The molecule has 0 spiro atoms. The first kappa shape index (κ1) is 38.2. The van der Waals surface area contributed by atoms with Crippen LogP contribution in [0, 0.1) is 22.5 Å². The zero-order valence-electron chi connectivity index (χ0n) is 27.1. The number of carbonyl (C=O) groups excluding carboxylic acids is 6. The van der Waals surface area contributed by atoms with E-state index in [1.807, 2.05) is 0 Å². The number of nitrogens with zero attached hydrogens (tertiary/aromatic N) is 1. The number of non-ortho nitro benzene ring substituents is 1. The SMILES string of the molecule is C#CCCC(=O)Nc1cc(COC(=O)Oc2ccc([N+](=O)[O-])cc2)ccc1O[C@@H]1O[C@H](C(=O)OC)[C@@H](OC(C)=O)[C@H](OC(C)=O)[C@H]1OC(C)=O. The van der Waals surface area contributed by atoms with Crippen molar-refractivity contribution in [2.45, 2.75) is 70.9 Å². The number of anilines is 1. The number of nitro groups is 1. The first-order chi connectivity index (χ1) is 23.7. The second-order valence-electron chi connectivity index (χ2n) is 10.3. The molecule has 2 aromatic rings. The number of terminal acetylenes is 1. The molecule has 266 valence electrons. The number of ether oxygens (including phenoxy) is 8. The van der Waals surface area contributed by atoms with Crippen LogP contribution < -0.4 is 14.8 Å². The van der Waals surface area contributed by atoms with Crippen LogP contribution in [0.25, 0.3) is 0 Å². The monoisotopic (exact) mass is 700 g/mol. The fourth-order valence-electron chi connectivity index (χ4n) is 4.47. The Labute approximate surface area is 284 Å². The molecule has 0 unspecified atom stereocenters. The third-order valence-corrected chi connectivity index (χ3v) is 6.50. The van der Waals surface area contributed by atoms with Gasteiger partial charge < -0.3 is 43.2 Å². The molecule has 2 aromatic carbocycles. The number of nitro benzene ring substituents is 1. The van der Waals surface area contributed by atoms with Crippen LogP contribution >= 0.6 is 0 Å². The van der Waals surface area contributed by atoms with Gasteiger partial charge in [-0.3, -0.25) is 29.3 Å². The normalized spacial score (nSPS) is 19.4. The predicted octanol–water partition coefficient (Wildman–Crippen LogP) is 2.73. The number of hydrogen-bond donors (Lipinski definition) is 1. The Morgan fingerprint density at radius 1 is 0.920 bits per heavy atom. The van der Waals surface area contributed by atoms with Crippen LogP contribution in [0.4, 0.5) is 16.2 Å². The summed E-state index contributed by atoms with van der Waals surface area (Å²) >= 11 is 0. The number of hydrogen-bond acceptors (Lipinski definition) is 16. The highest BCUT2D eigenvalue weighted by atomic mass is 16.7. The van der Waals surface area contributed by atoms with E-state index < -0.39 is 78.2 Å². The Balaban J connectivity index is 1.94. The second-order valence-corrected chi connectivity index (χ2v) is 10.3. The van der Waals surface area contributed by atoms with Gasteiger partial charge in [0.1, 0.15) is 18.1 Å². The van der Waals surface area contributed by atoms with Crippen LogP contribution in [0.5, 0.6) is 11.5 Å². The van der Waals surface area contributed by atoms with Gasteiger partial charge in [-0.25, -0.2) is 9.59 Å². The zero-order chi connectivity index (χ0) is 37.0. The van der Waals surface area contributed by atoms with Crippen molar-refractivity contribution in [1.29, 1.82) is 0 Å².